The topological polar surface area (TPSA) is 28.3 Å². The van der Waals surface area contributed by atoms with Gasteiger partial charge in [0.2, 0.25) is 0 Å². The zero-order chi connectivity index (χ0) is 28.8. The summed E-state index contributed by atoms with van der Waals surface area (Å²) in [5, 5.41) is 1.01. The van der Waals surface area contributed by atoms with E-state index in [2.05, 4.69) is 41.1 Å². The fourth-order valence-corrected chi connectivity index (χ4v) is 5.23. The Morgan fingerprint density at radius 2 is 1.51 bits per heavy atom. The van der Waals surface area contributed by atoms with E-state index in [1.807, 2.05) is 66.9 Å². The Morgan fingerprint density at radius 1 is 0.829 bits per heavy atom. The van der Waals surface area contributed by atoms with Gasteiger partial charge in [-0.25, -0.2) is 4.39 Å². The molecule has 0 spiro atoms. The van der Waals surface area contributed by atoms with E-state index in [-0.39, 0.29) is 12.0 Å². The molecule has 0 saturated carbocycles. The molecule has 0 amide bonds. The summed E-state index contributed by atoms with van der Waals surface area (Å²) >= 11 is 0. The predicted octanol–water partition coefficient (Wildman–Crippen LogP) is 8.82. The molecule has 41 heavy (non-hydrogen) atoms. The van der Waals surface area contributed by atoms with Crippen LogP contribution in [0.25, 0.3) is 10.9 Å². The molecule has 0 fully saturated rings. The molecule has 212 valence electrons. The van der Waals surface area contributed by atoms with Crippen molar-refractivity contribution in [3.63, 3.8) is 0 Å². The van der Waals surface area contributed by atoms with Gasteiger partial charge in [0.05, 0.1) is 12.2 Å². The van der Waals surface area contributed by atoms with Crippen molar-refractivity contribution >= 4 is 10.9 Å². The first-order valence-electron chi connectivity index (χ1n) is 13.7. The van der Waals surface area contributed by atoms with Gasteiger partial charge >= 0.3 is 6.18 Å². The highest BCUT2D eigenvalue weighted by Gasteiger charge is 2.34. The Morgan fingerprint density at radius 3 is 2.15 bits per heavy atom. The first-order chi connectivity index (χ1) is 19.8. The van der Waals surface area contributed by atoms with Crippen LogP contribution in [-0.2, 0) is 12.7 Å². The summed E-state index contributed by atoms with van der Waals surface area (Å²) < 4.78 is 60.3. The van der Waals surface area contributed by atoms with Crippen LogP contribution in [-0.4, -0.2) is 29.1 Å². The molecule has 0 unspecified atom stereocenters. The molecule has 1 aromatic heterocycles. The lowest BCUT2D eigenvalue weighted by Crippen LogP contribution is -2.37. The summed E-state index contributed by atoms with van der Waals surface area (Å²) in [6.07, 6.45) is -2.19. The standard InChI is InChI=1S/C34H32F4N2O/c1-24(18-20-41-33-14-8-13-32-28(33)17-19-39-32)40(22-25-15-16-30(31(35)21-25)34(36,37)38)23-29(26-9-4-2-5-10-26)27-11-6-3-7-12-27/h2-17,19,21,24,29,39H,18,20,22-23H2,1H3/t24-/m1/s1. The maximum Gasteiger partial charge on any atom is 0.419 e. The van der Waals surface area contributed by atoms with E-state index in [1.165, 1.54) is 6.07 Å². The Balaban J connectivity index is 1.39. The van der Waals surface area contributed by atoms with E-state index < -0.39 is 17.6 Å². The number of nitrogens with one attached hydrogen (secondary N) is 1. The van der Waals surface area contributed by atoms with Crippen LogP contribution in [0.1, 0.15) is 41.5 Å². The summed E-state index contributed by atoms with van der Waals surface area (Å²) in [5.41, 5.74) is 2.49. The number of aromatic amines is 1. The molecule has 1 N–H and O–H groups in total. The third-order valence-corrected chi connectivity index (χ3v) is 7.52. The normalized spacial score (nSPS) is 12.8. The third-order valence-electron chi connectivity index (χ3n) is 7.52. The molecule has 0 bridgehead atoms. The number of aromatic nitrogens is 1. The summed E-state index contributed by atoms with van der Waals surface area (Å²) in [5.74, 6) is -0.458. The monoisotopic (exact) mass is 560 g/mol. The van der Waals surface area contributed by atoms with Gasteiger partial charge in [-0.2, -0.15) is 13.2 Å². The van der Waals surface area contributed by atoms with Crippen molar-refractivity contribution in [1.29, 1.82) is 0 Å². The van der Waals surface area contributed by atoms with Gasteiger partial charge in [-0.3, -0.25) is 4.90 Å². The lowest BCUT2D eigenvalue weighted by Gasteiger charge is -2.33. The average molecular weight is 561 g/mol. The quantitative estimate of drug-likeness (QED) is 0.164. The van der Waals surface area contributed by atoms with Crippen molar-refractivity contribution in [3.8, 4) is 5.75 Å². The number of rotatable bonds is 11. The summed E-state index contributed by atoms with van der Waals surface area (Å²) in [7, 11) is 0. The van der Waals surface area contributed by atoms with Crippen molar-refractivity contribution in [3.05, 3.63) is 137 Å². The van der Waals surface area contributed by atoms with Crippen LogP contribution >= 0.6 is 0 Å². The maximum atomic E-state index is 14.5. The fourth-order valence-electron chi connectivity index (χ4n) is 5.23. The van der Waals surface area contributed by atoms with Gasteiger partial charge < -0.3 is 9.72 Å². The van der Waals surface area contributed by atoms with Gasteiger partial charge in [-0.05, 0) is 60.4 Å². The summed E-state index contributed by atoms with van der Waals surface area (Å²) in [6.45, 7) is 3.41. The molecule has 5 aromatic rings. The Labute approximate surface area is 237 Å². The minimum atomic E-state index is -4.74. The molecule has 0 aliphatic carbocycles. The van der Waals surface area contributed by atoms with Gasteiger partial charge in [-0.15, -0.1) is 0 Å². The van der Waals surface area contributed by atoms with Crippen LogP contribution in [0.15, 0.2) is 109 Å². The SMILES string of the molecule is C[C@H](CCOc1cccc2[nH]ccc12)N(Cc1ccc(C(F)(F)F)c(F)c1)CC(c1ccccc1)c1ccccc1. The molecule has 1 heterocycles. The fraction of sp³-hybridized carbons (Fsp3) is 0.235. The number of hydrogen-bond donors (Lipinski definition) is 1. The molecular formula is C34H32F4N2O. The smallest absolute Gasteiger partial charge is 0.419 e. The Bertz CT molecular complexity index is 1510. The number of fused-ring (bicyclic) bond motifs is 1. The number of hydrogen-bond acceptors (Lipinski definition) is 2. The average Bonchev–Trinajstić information content (AvgIpc) is 3.45. The second-order valence-electron chi connectivity index (χ2n) is 10.3. The van der Waals surface area contributed by atoms with Crippen molar-refractivity contribution in [2.24, 2.45) is 0 Å². The van der Waals surface area contributed by atoms with Gasteiger partial charge in [0.25, 0.3) is 0 Å². The number of benzene rings is 4. The Hall–Kier alpha value is -4.10. The third kappa shape index (κ3) is 6.98. The second kappa shape index (κ2) is 12.6. The largest absolute Gasteiger partial charge is 0.493 e. The van der Waals surface area contributed by atoms with Gasteiger partial charge in [-0.1, -0.05) is 72.8 Å². The van der Waals surface area contributed by atoms with E-state index >= 15 is 0 Å². The van der Waals surface area contributed by atoms with Crippen LogP contribution in [0.3, 0.4) is 0 Å². The van der Waals surface area contributed by atoms with Crippen molar-refractivity contribution in [2.75, 3.05) is 13.2 Å². The van der Waals surface area contributed by atoms with Crippen LogP contribution in [0.5, 0.6) is 5.75 Å². The molecule has 0 radical (unpaired) electrons. The first kappa shape index (κ1) is 28.4. The van der Waals surface area contributed by atoms with Crippen LogP contribution < -0.4 is 4.74 Å². The molecule has 7 heteroatoms. The molecule has 1 atom stereocenters. The summed E-state index contributed by atoms with van der Waals surface area (Å²) in [6, 6.07) is 31.3. The van der Waals surface area contributed by atoms with Crippen molar-refractivity contribution < 1.29 is 22.3 Å². The summed E-state index contributed by atoms with van der Waals surface area (Å²) in [4.78, 5) is 5.39. The molecule has 0 aliphatic rings. The maximum absolute atomic E-state index is 14.5. The number of nitrogens with zero attached hydrogens (tertiary/aromatic N) is 1. The number of H-pyrrole nitrogens is 1. The molecule has 0 aliphatic heterocycles. The van der Waals surface area contributed by atoms with E-state index in [1.54, 1.807) is 0 Å². The van der Waals surface area contributed by atoms with Crippen molar-refractivity contribution in [2.45, 2.75) is 38.0 Å². The van der Waals surface area contributed by atoms with Gasteiger partial charge in [0, 0.05) is 42.1 Å². The Kier molecular flexibility index (Phi) is 8.74. The predicted molar refractivity (Wildman–Crippen MR) is 154 cm³/mol. The lowest BCUT2D eigenvalue weighted by molar-refractivity contribution is -0.140. The highest BCUT2D eigenvalue weighted by atomic mass is 19.4. The van der Waals surface area contributed by atoms with Gasteiger partial charge in [0.1, 0.15) is 11.6 Å². The molecule has 0 saturated heterocycles. The number of halogens is 4. The van der Waals surface area contributed by atoms with Crippen LogP contribution in [0.4, 0.5) is 17.6 Å². The van der Waals surface area contributed by atoms with E-state index in [9.17, 15) is 17.6 Å². The van der Waals surface area contributed by atoms with E-state index in [0.29, 0.717) is 31.7 Å². The first-order valence-corrected chi connectivity index (χ1v) is 13.7. The zero-order valence-corrected chi connectivity index (χ0v) is 22.7. The minimum Gasteiger partial charge on any atom is -0.493 e. The lowest BCUT2D eigenvalue weighted by atomic mass is 9.90. The molecule has 4 aromatic carbocycles. The van der Waals surface area contributed by atoms with Gasteiger partial charge in [0.15, 0.2) is 0 Å². The molecular weight excluding hydrogens is 528 g/mol. The van der Waals surface area contributed by atoms with E-state index in [4.69, 9.17) is 4.74 Å². The second-order valence-corrected chi connectivity index (χ2v) is 10.3. The highest BCUT2D eigenvalue weighted by Crippen LogP contribution is 2.33. The highest BCUT2D eigenvalue weighted by molar-refractivity contribution is 5.85. The number of alkyl halides is 3. The number of ether oxygens (including phenoxy) is 1. The van der Waals surface area contributed by atoms with Crippen molar-refractivity contribution in [1.82, 2.24) is 9.88 Å². The van der Waals surface area contributed by atoms with E-state index in [0.717, 1.165) is 39.9 Å². The molecule has 5 rings (SSSR count). The molecule has 3 nitrogen and oxygen atoms in total. The zero-order valence-electron chi connectivity index (χ0n) is 22.7. The van der Waals surface area contributed by atoms with Crippen LogP contribution in [0, 0.1) is 5.82 Å². The van der Waals surface area contributed by atoms with Crippen LogP contribution in [0.2, 0.25) is 0 Å². The minimum absolute atomic E-state index is 0.00803.